The SMILES string of the molecule is CCn1nc(C)cc1C(=O)Nc1nc2cc(C(N)=O)cc(OC)c2n1CC=CCn1c(NC(=O)c2cc(C)nn2CC)nc2cc(C(N)=O)cc(OCC#CC3CCCN(C(=O)O)C3)c21. The van der Waals surface area contributed by atoms with E-state index in [1.165, 1.54) is 36.3 Å². The quantitative estimate of drug-likeness (QED) is 0.0718. The number of nitrogens with two attached hydrogens (primary N) is 2. The molecule has 1 aliphatic heterocycles. The Bertz CT molecular complexity index is 2950. The number of hydrogen-bond donors (Lipinski definition) is 5. The topological polar surface area (TPSA) is 275 Å². The number of carbonyl (C=O) groups excluding carboxylic acids is 4. The number of anilines is 2. The number of methoxy groups -OCH3 is 1. The summed E-state index contributed by atoms with van der Waals surface area (Å²) >= 11 is 0. The van der Waals surface area contributed by atoms with Crippen LogP contribution in [0.15, 0.2) is 48.6 Å². The van der Waals surface area contributed by atoms with Gasteiger partial charge in [0.05, 0.1) is 29.5 Å². The van der Waals surface area contributed by atoms with Gasteiger partial charge in [-0.15, -0.1) is 0 Å². The first-order valence-corrected chi connectivity index (χ1v) is 20.9. The molecule has 6 aromatic rings. The molecule has 7 rings (SSSR count). The van der Waals surface area contributed by atoms with Gasteiger partial charge in [0.1, 0.15) is 40.5 Å². The van der Waals surface area contributed by atoms with Gasteiger partial charge in [-0.2, -0.15) is 10.2 Å². The van der Waals surface area contributed by atoms with Gasteiger partial charge in [0.2, 0.25) is 23.7 Å². The minimum Gasteiger partial charge on any atom is -0.494 e. The maximum absolute atomic E-state index is 13.8. The van der Waals surface area contributed by atoms with Crippen molar-refractivity contribution < 1.29 is 38.6 Å². The first-order valence-electron chi connectivity index (χ1n) is 20.9. The average molecular weight is 888 g/mol. The zero-order chi connectivity index (χ0) is 46.5. The third-order valence-corrected chi connectivity index (χ3v) is 10.8. The van der Waals surface area contributed by atoms with E-state index >= 15 is 0 Å². The number of nitrogens with zero attached hydrogens (tertiary/aromatic N) is 9. The van der Waals surface area contributed by atoms with Crippen LogP contribution in [0.5, 0.6) is 11.5 Å². The van der Waals surface area contributed by atoms with E-state index in [1.807, 2.05) is 13.8 Å². The second-order valence-corrected chi connectivity index (χ2v) is 15.2. The molecule has 5 amide bonds. The summed E-state index contributed by atoms with van der Waals surface area (Å²) in [5.41, 5.74) is 15.1. The molecule has 1 fully saturated rings. The molecule has 4 aromatic heterocycles. The number of rotatable bonds is 15. The maximum Gasteiger partial charge on any atom is 0.407 e. The summed E-state index contributed by atoms with van der Waals surface area (Å²) in [5.74, 6) is 4.35. The van der Waals surface area contributed by atoms with Gasteiger partial charge in [-0.05, 0) is 76.9 Å². The van der Waals surface area contributed by atoms with Crippen molar-refractivity contribution in [2.24, 2.45) is 17.4 Å². The molecule has 0 spiro atoms. The standard InChI is InChI=1S/C44H49N13O8/c1-6-56-32(18-25(3)51-56)40(60)49-42-47-30-20-28(38(45)58)22-34(64-5)36(30)54(42)15-8-9-16-55-37-31(48-43(55)50-41(61)33-19-26(4)52-57(33)7-2)21-29(39(46)59)23-35(37)65-17-11-13-27-12-10-14-53(24-27)44(62)63/h8-9,18-23,27H,6-7,10,12,14-17,24H2,1-5H3,(H2,45,58)(H2,46,59)(H,62,63)(H,47,49,60)(H,48,50,61). The molecule has 0 bridgehead atoms. The summed E-state index contributed by atoms with van der Waals surface area (Å²) in [6.45, 7) is 9.05. The highest BCUT2D eigenvalue weighted by atomic mass is 16.5. The summed E-state index contributed by atoms with van der Waals surface area (Å²) in [6, 6.07) is 9.33. The molecule has 21 heteroatoms. The molecule has 338 valence electrons. The number of likely N-dealkylation sites (tertiary alicyclic amines) is 1. The van der Waals surface area contributed by atoms with E-state index in [0.717, 1.165) is 6.42 Å². The highest BCUT2D eigenvalue weighted by Gasteiger charge is 2.25. The van der Waals surface area contributed by atoms with Crippen LogP contribution < -0.4 is 31.6 Å². The average Bonchev–Trinajstić information content (AvgIpc) is 4.05. The third-order valence-electron chi connectivity index (χ3n) is 10.8. The van der Waals surface area contributed by atoms with Gasteiger partial charge in [0, 0.05) is 56.3 Å². The lowest BCUT2D eigenvalue weighted by molar-refractivity contribution is 0.0991. The second kappa shape index (κ2) is 19.1. The lowest BCUT2D eigenvalue weighted by atomic mass is 9.99. The lowest BCUT2D eigenvalue weighted by Gasteiger charge is -2.27. The van der Waals surface area contributed by atoms with Crippen molar-refractivity contribution in [2.75, 3.05) is 37.4 Å². The second-order valence-electron chi connectivity index (χ2n) is 15.2. The molecule has 1 saturated heterocycles. The maximum atomic E-state index is 13.8. The van der Waals surface area contributed by atoms with E-state index in [4.69, 9.17) is 25.9 Å². The molecule has 5 heterocycles. The van der Waals surface area contributed by atoms with Crippen LogP contribution in [0.4, 0.5) is 16.7 Å². The highest BCUT2D eigenvalue weighted by molar-refractivity contribution is 6.05. The normalized spacial score (nSPS) is 13.8. The van der Waals surface area contributed by atoms with E-state index in [0.29, 0.717) is 70.9 Å². The van der Waals surface area contributed by atoms with Crippen LogP contribution in [0, 0.1) is 31.6 Å². The van der Waals surface area contributed by atoms with E-state index in [-0.39, 0.29) is 66.7 Å². The zero-order valence-electron chi connectivity index (χ0n) is 36.5. The largest absolute Gasteiger partial charge is 0.494 e. The summed E-state index contributed by atoms with van der Waals surface area (Å²) in [5, 5.41) is 24.1. The fourth-order valence-corrected chi connectivity index (χ4v) is 7.75. The van der Waals surface area contributed by atoms with Crippen LogP contribution in [0.2, 0.25) is 0 Å². The van der Waals surface area contributed by atoms with Crippen molar-refractivity contribution >= 4 is 63.7 Å². The third kappa shape index (κ3) is 9.61. The molecule has 0 radical (unpaired) electrons. The Kier molecular flexibility index (Phi) is 13.2. The molecule has 1 unspecified atom stereocenters. The predicted molar refractivity (Wildman–Crippen MR) is 239 cm³/mol. The number of carboxylic acid groups (broad SMARTS) is 1. The smallest absolute Gasteiger partial charge is 0.407 e. The highest BCUT2D eigenvalue weighted by Crippen LogP contribution is 2.33. The van der Waals surface area contributed by atoms with Gasteiger partial charge < -0.3 is 40.1 Å². The number of imidazole rings is 2. The number of amides is 5. The summed E-state index contributed by atoms with van der Waals surface area (Å²) in [6.07, 6.45) is 4.05. The van der Waals surface area contributed by atoms with Crippen LogP contribution in [0.25, 0.3) is 22.1 Å². The number of hydrogen-bond acceptors (Lipinski definition) is 11. The van der Waals surface area contributed by atoms with Crippen molar-refractivity contribution in [1.29, 1.82) is 0 Å². The van der Waals surface area contributed by atoms with Gasteiger partial charge in [-0.25, -0.2) is 14.8 Å². The Morgan fingerprint density at radius 3 is 1.78 bits per heavy atom. The lowest BCUT2D eigenvalue weighted by Crippen LogP contribution is -2.38. The van der Waals surface area contributed by atoms with Crippen molar-refractivity contribution in [3.63, 3.8) is 0 Å². The number of primary amides is 2. The monoisotopic (exact) mass is 887 g/mol. The molecule has 0 saturated carbocycles. The van der Waals surface area contributed by atoms with E-state index in [2.05, 4.69) is 37.7 Å². The summed E-state index contributed by atoms with van der Waals surface area (Å²) < 4.78 is 18.5. The molecule has 7 N–H and O–H groups in total. The molecule has 65 heavy (non-hydrogen) atoms. The van der Waals surface area contributed by atoms with Crippen LogP contribution in [0.1, 0.15) is 79.8 Å². The minimum atomic E-state index is -0.992. The Labute approximate surface area is 372 Å². The van der Waals surface area contributed by atoms with Gasteiger partial charge in [0.15, 0.2) is 0 Å². The number of fused-ring (bicyclic) bond motifs is 2. The number of piperidine rings is 1. The van der Waals surface area contributed by atoms with Crippen LogP contribution in [-0.2, 0) is 26.2 Å². The predicted octanol–water partition coefficient (Wildman–Crippen LogP) is 4.18. The summed E-state index contributed by atoms with van der Waals surface area (Å²) in [7, 11) is 1.44. The van der Waals surface area contributed by atoms with E-state index in [9.17, 15) is 29.1 Å². The van der Waals surface area contributed by atoms with Crippen molar-refractivity contribution in [2.45, 2.75) is 66.7 Å². The van der Waals surface area contributed by atoms with Crippen molar-refractivity contribution in [3.8, 4) is 23.3 Å². The number of aryl methyl sites for hydroxylation is 4. The minimum absolute atomic E-state index is 0.0927. The molecular weight excluding hydrogens is 839 g/mol. The van der Waals surface area contributed by atoms with Gasteiger partial charge in [-0.1, -0.05) is 24.0 Å². The fourth-order valence-electron chi connectivity index (χ4n) is 7.75. The number of aromatic nitrogens is 8. The number of nitrogens with one attached hydrogen (secondary N) is 2. The zero-order valence-corrected chi connectivity index (χ0v) is 36.5. The fraction of sp³-hybridized carbons (Fsp3) is 0.341. The molecule has 0 aliphatic carbocycles. The number of benzene rings is 2. The first kappa shape index (κ1) is 44.9. The molecule has 2 aromatic carbocycles. The van der Waals surface area contributed by atoms with Gasteiger partial charge in [0.25, 0.3) is 11.8 Å². The Balaban J connectivity index is 1.26. The number of allylic oxidation sites excluding steroid dienone is 2. The van der Waals surface area contributed by atoms with Gasteiger partial charge in [-0.3, -0.25) is 39.2 Å². The van der Waals surface area contributed by atoms with Crippen LogP contribution >= 0.6 is 0 Å². The van der Waals surface area contributed by atoms with Crippen LogP contribution in [0.3, 0.4) is 0 Å². The Morgan fingerprint density at radius 2 is 1.31 bits per heavy atom. The molecule has 1 aliphatic rings. The number of carbonyl (C=O) groups is 5. The van der Waals surface area contributed by atoms with E-state index in [1.54, 1.807) is 56.6 Å². The Morgan fingerprint density at radius 1 is 0.800 bits per heavy atom. The van der Waals surface area contributed by atoms with Crippen molar-refractivity contribution in [1.82, 2.24) is 43.6 Å². The molecule has 21 nitrogen and oxygen atoms in total. The van der Waals surface area contributed by atoms with E-state index < -0.39 is 29.7 Å². The molecular formula is C44H49N13O8. The Hall–Kier alpha value is -8.15. The number of ether oxygens (including phenoxy) is 2. The summed E-state index contributed by atoms with van der Waals surface area (Å²) in [4.78, 5) is 74.6. The van der Waals surface area contributed by atoms with Crippen molar-refractivity contribution in [3.05, 3.63) is 82.5 Å². The van der Waals surface area contributed by atoms with Gasteiger partial charge >= 0.3 is 6.09 Å². The molecule has 1 atom stereocenters. The first-order chi connectivity index (χ1) is 31.2. The van der Waals surface area contributed by atoms with Crippen LogP contribution in [-0.4, -0.2) is 105 Å².